The molecule has 0 unspecified atom stereocenters. The Bertz CT molecular complexity index is 626. The van der Waals surface area contributed by atoms with Crippen molar-refractivity contribution >= 4 is 18.0 Å². The van der Waals surface area contributed by atoms with E-state index in [1.807, 2.05) is 6.92 Å². The van der Waals surface area contributed by atoms with E-state index in [9.17, 15) is 14.7 Å². The number of benzene rings is 1. The van der Waals surface area contributed by atoms with E-state index in [1.165, 1.54) is 25.3 Å². The quantitative estimate of drug-likeness (QED) is 0.510. The molecule has 1 saturated heterocycles. The standard InChI is InChI=1S/C17H20O6/c1-4-5-8-17(2)22-15(19)12(16(20)23-17)9-11-6-7-14(21-3)13(18)10-11/h6-7,9-10,18H,4-5,8H2,1-3H3. The highest BCUT2D eigenvalue weighted by Crippen LogP contribution is 2.31. The van der Waals surface area contributed by atoms with E-state index in [0.29, 0.717) is 17.7 Å². The third kappa shape index (κ3) is 3.83. The van der Waals surface area contributed by atoms with Crippen LogP contribution in [0.3, 0.4) is 0 Å². The van der Waals surface area contributed by atoms with Crippen LogP contribution in [0.15, 0.2) is 23.8 Å². The van der Waals surface area contributed by atoms with Crippen molar-refractivity contribution < 1.29 is 28.9 Å². The number of methoxy groups -OCH3 is 1. The molecule has 1 aliphatic rings. The monoisotopic (exact) mass is 320 g/mol. The summed E-state index contributed by atoms with van der Waals surface area (Å²) in [5.74, 6) is -2.46. The van der Waals surface area contributed by atoms with Gasteiger partial charge in [-0.15, -0.1) is 0 Å². The van der Waals surface area contributed by atoms with Crippen molar-refractivity contribution in [3.8, 4) is 11.5 Å². The van der Waals surface area contributed by atoms with Crippen molar-refractivity contribution in [1.82, 2.24) is 0 Å². The maximum absolute atomic E-state index is 12.1. The molecule has 6 nitrogen and oxygen atoms in total. The Labute approximate surface area is 134 Å². The zero-order chi connectivity index (χ0) is 17.0. The van der Waals surface area contributed by atoms with E-state index in [-0.39, 0.29) is 11.3 Å². The molecule has 1 fully saturated rings. The summed E-state index contributed by atoms with van der Waals surface area (Å²) < 4.78 is 15.5. The van der Waals surface area contributed by atoms with E-state index < -0.39 is 17.7 Å². The fourth-order valence-electron chi connectivity index (χ4n) is 2.29. The Kier molecular flexibility index (Phi) is 4.93. The molecule has 6 heteroatoms. The molecule has 2 rings (SSSR count). The van der Waals surface area contributed by atoms with Gasteiger partial charge in [0.25, 0.3) is 5.79 Å². The second-order valence-corrected chi connectivity index (χ2v) is 5.51. The smallest absolute Gasteiger partial charge is 0.348 e. The van der Waals surface area contributed by atoms with Crippen LogP contribution in [0.4, 0.5) is 0 Å². The Morgan fingerprint density at radius 2 is 1.91 bits per heavy atom. The fourth-order valence-corrected chi connectivity index (χ4v) is 2.29. The molecular weight excluding hydrogens is 300 g/mol. The molecule has 0 aliphatic carbocycles. The van der Waals surface area contributed by atoms with Gasteiger partial charge >= 0.3 is 11.9 Å². The molecule has 1 aromatic carbocycles. The fraction of sp³-hybridized carbons (Fsp3) is 0.412. The lowest BCUT2D eigenvalue weighted by Crippen LogP contribution is -2.44. The molecule has 23 heavy (non-hydrogen) atoms. The first kappa shape index (κ1) is 16.9. The third-order valence-electron chi connectivity index (χ3n) is 3.56. The maximum Gasteiger partial charge on any atom is 0.348 e. The molecule has 0 aromatic heterocycles. The van der Waals surface area contributed by atoms with Gasteiger partial charge in [-0.05, 0) is 30.2 Å². The molecular formula is C17H20O6. The van der Waals surface area contributed by atoms with Crippen molar-refractivity contribution in [3.05, 3.63) is 29.3 Å². The van der Waals surface area contributed by atoms with E-state index in [4.69, 9.17) is 14.2 Å². The highest BCUT2D eigenvalue weighted by Gasteiger charge is 2.41. The van der Waals surface area contributed by atoms with Gasteiger partial charge < -0.3 is 19.3 Å². The average molecular weight is 320 g/mol. The van der Waals surface area contributed by atoms with Crippen LogP contribution in [0.1, 0.15) is 38.7 Å². The predicted molar refractivity (Wildman–Crippen MR) is 82.7 cm³/mol. The van der Waals surface area contributed by atoms with Gasteiger partial charge in [0.1, 0.15) is 5.57 Å². The summed E-state index contributed by atoms with van der Waals surface area (Å²) in [4.78, 5) is 24.2. The first-order valence-electron chi connectivity index (χ1n) is 7.44. The Morgan fingerprint density at radius 3 is 2.43 bits per heavy atom. The summed E-state index contributed by atoms with van der Waals surface area (Å²) >= 11 is 0. The number of hydrogen-bond donors (Lipinski definition) is 1. The molecule has 0 bridgehead atoms. The highest BCUT2D eigenvalue weighted by atomic mass is 16.7. The number of phenols is 1. The summed E-state index contributed by atoms with van der Waals surface area (Å²) in [6.45, 7) is 3.58. The number of carbonyl (C=O) groups excluding carboxylic acids is 2. The van der Waals surface area contributed by atoms with Gasteiger partial charge in [-0.3, -0.25) is 0 Å². The van der Waals surface area contributed by atoms with Crippen LogP contribution in [0.25, 0.3) is 6.08 Å². The van der Waals surface area contributed by atoms with Gasteiger partial charge in [0.2, 0.25) is 0 Å². The first-order valence-corrected chi connectivity index (χ1v) is 7.44. The van der Waals surface area contributed by atoms with Crippen molar-refractivity contribution in [1.29, 1.82) is 0 Å². The molecule has 0 spiro atoms. The number of esters is 2. The zero-order valence-electron chi connectivity index (χ0n) is 13.4. The van der Waals surface area contributed by atoms with E-state index in [2.05, 4.69) is 0 Å². The van der Waals surface area contributed by atoms with Crippen molar-refractivity contribution in [3.63, 3.8) is 0 Å². The van der Waals surface area contributed by atoms with Crippen LogP contribution in [-0.4, -0.2) is 29.9 Å². The number of ether oxygens (including phenoxy) is 3. The van der Waals surface area contributed by atoms with Gasteiger partial charge in [-0.25, -0.2) is 9.59 Å². The molecule has 0 saturated carbocycles. The van der Waals surface area contributed by atoms with Crippen molar-refractivity contribution in [2.24, 2.45) is 0 Å². The summed E-state index contributed by atoms with van der Waals surface area (Å²) in [6.07, 6.45) is 3.46. The Hall–Kier alpha value is -2.50. The minimum atomic E-state index is -1.22. The minimum Gasteiger partial charge on any atom is -0.504 e. The maximum atomic E-state index is 12.1. The van der Waals surface area contributed by atoms with E-state index >= 15 is 0 Å². The molecule has 1 N–H and O–H groups in total. The number of cyclic esters (lactones) is 2. The zero-order valence-corrected chi connectivity index (χ0v) is 13.4. The summed E-state index contributed by atoms with van der Waals surface area (Å²) in [5.41, 5.74) is 0.257. The lowest BCUT2D eigenvalue weighted by atomic mass is 10.1. The minimum absolute atomic E-state index is 0.0906. The van der Waals surface area contributed by atoms with Gasteiger partial charge in [0.05, 0.1) is 7.11 Å². The Balaban J connectivity index is 2.22. The Morgan fingerprint density at radius 1 is 1.26 bits per heavy atom. The normalized spacial score (nSPS) is 20.7. The van der Waals surface area contributed by atoms with Crippen LogP contribution in [0, 0.1) is 0 Å². The number of phenolic OH excluding ortho intramolecular Hbond substituents is 1. The van der Waals surface area contributed by atoms with Crippen molar-refractivity contribution in [2.75, 3.05) is 7.11 Å². The lowest BCUT2D eigenvalue weighted by molar-refractivity contribution is -0.230. The number of unbranched alkanes of at least 4 members (excludes halogenated alkanes) is 1. The van der Waals surface area contributed by atoms with Crippen LogP contribution in [-0.2, 0) is 19.1 Å². The molecule has 124 valence electrons. The molecule has 1 aromatic rings. The van der Waals surface area contributed by atoms with Gasteiger partial charge in [0.15, 0.2) is 11.5 Å². The third-order valence-corrected chi connectivity index (χ3v) is 3.56. The van der Waals surface area contributed by atoms with E-state index in [1.54, 1.807) is 13.0 Å². The molecule has 0 radical (unpaired) electrons. The highest BCUT2D eigenvalue weighted by molar-refractivity contribution is 6.18. The lowest BCUT2D eigenvalue weighted by Gasteiger charge is -2.33. The SMILES string of the molecule is CCCCC1(C)OC(=O)C(=Cc2ccc(OC)c(O)c2)C(=O)O1. The molecule has 0 amide bonds. The van der Waals surface area contributed by atoms with Gasteiger partial charge in [-0.1, -0.05) is 19.4 Å². The van der Waals surface area contributed by atoms with Crippen LogP contribution in [0.2, 0.25) is 0 Å². The molecule has 1 aliphatic heterocycles. The van der Waals surface area contributed by atoms with Gasteiger partial charge in [-0.2, -0.15) is 0 Å². The van der Waals surface area contributed by atoms with Crippen LogP contribution >= 0.6 is 0 Å². The summed E-state index contributed by atoms with van der Waals surface area (Å²) in [6, 6.07) is 4.53. The number of rotatable bonds is 5. The largest absolute Gasteiger partial charge is 0.504 e. The van der Waals surface area contributed by atoms with Crippen LogP contribution in [0.5, 0.6) is 11.5 Å². The second-order valence-electron chi connectivity index (χ2n) is 5.51. The predicted octanol–water partition coefficient (Wildman–Crippen LogP) is 2.79. The molecule has 0 atom stereocenters. The van der Waals surface area contributed by atoms with Crippen molar-refractivity contribution in [2.45, 2.75) is 38.9 Å². The second kappa shape index (κ2) is 6.73. The van der Waals surface area contributed by atoms with Gasteiger partial charge in [0, 0.05) is 13.3 Å². The topological polar surface area (TPSA) is 82.1 Å². The first-order chi connectivity index (χ1) is 10.9. The number of hydrogen-bond acceptors (Lipinski definition) is 6. The van der Waals surface area contributed by atoms with Crippen LogP contribution < -0.4 is 4.74 Å². The summed E-state index contributed by atoms with van der Waals surface area (Å²) in [5, 5.41) is 9.75. The number of aromatic hydroxyl groups is 1. The van der Waals surface area contributed by atoms with E-state index in [0.717, 1.165) is 12.8 Å². The summed E-state index contributed by atoms with van der Waals surface area (Å²) in [7, 11) is 1.43. The average Bonchev–Trinajstić information content (AvgIpc) is 2.49. The molecule has 1 heterocycles. The number of carbonyl (C=O) groups is 2.